The minimum Gasteiger partial charge on any atom is -0.439 e. The highest BCUT2D eigenvalue weighted by Gasteiger charge is 2.44. The molecule has 2 heterocycles. The molecule has 3 amide bonds. The Morgan fingerprint density at radius 1 is 1.33 bits per heavy atom. The molecule has 0 N–H and O–H groups in total. The van der Waals surface area contributed by atoms with Gasteiger partial charge in [0.1, 0.15) is 0 Å². The van der Waals surface area contributed by atoms with E-state index in [-0.39, 0.29) is 30.4 Å². The van der Waals surface area contributed by atoms with Crippen molar-refractivity contribution in [1.82, 2.24) is 9.80 Å². The molecule has 2 fully saturated rings. The molecule has 6 heteroatoms. The molecule has 0 unspecified atom stereocenters. The second-order valence-electron chi connectivity index (χ2n) is 4.73. The van der Waals surface area contributed by atoms with Crippen LogP contribution in [0.2, 0.25) is 0 Å². The second kappa shape index (κ2) is 4.96. The first-order valence-corrected chi connectivity index (χ1v) is 6.36. The van der Waals surface area contributed by atoms with Gasteiger partial charge in [-0.05, 0) is 12.8 Å². The normalized spacial score (nSPS) is 20.4. The number of likely N-dealkylation sites (tertiary alicyclic amines) is 1. The zero-order chi connectivity index (χ0) is 13.3. The molecule has 0 aliphatic carbocycles. The summed E-state index contributed by atoms with van der Waals surface area (Å²) < 4.78 is 4.65. The minimum absolute atomic E-state index is 0.0483. The Morgan fingerprint density at radius 3 is 2.39 bits per heavy atom. The zero-order valence-electron chi connectivity index (χ0n) is 10.7. The van der Waals surface area contributed by atoms with Gasteiger partial charge < -0.3 is 9.64 Å². The number of carbonyl (C=O) groups excluding carboxylic acids is 3. The van der Waals surface area contributed by atoms with E-state index in [2.05, 4.69) is 4.74 Å². The van der Waals surface area contributed by atoms with Crippen LogP contribution in [-0.2, 0) is 14.3 Å². The monoisotopic (exact) mass is 254 g/mol. The van der Waals surface area contributed by atoms with Crippen LogP contribution in [-0.4, -0.2) is 53.4 Å². The third kappa shape index (κ3) is 2.07. The van der Waals surface area contributed by atoms with Gasteiger partial charge in [-0.15, -0.1) is 0 Å². The Balaban J connectivity index is 1.89. The molecule has 2 saturated heterocycles. The molecule has 0 saturated carbocycles. The molecule has 0 aromatic rings. The van der Waals surface area contributed by atoms with E-state index in [1.54, 1.807) is 4.90 Å². The van der Waals surface area contributed by atoms with Crippen LogP contribution in [0, 0.1) is 5.92 Å². The van der Waals surface area contributed by atoms with Crippen molar-refractivity contribution >= 4 is 17.9 Å². The molecule has 0 spiro atoms. The summed E-state index contributed by atoms with van der Waals surface area (Å²) in [6.07, 6.45) is 1.06. The number of hydrogen-bond donors (Lipinski definition) is 0. The summed E-state index contributed by atoms with van der Waals surface area (Å²) in [5.41, 5.74) is 0. The fraction of sp³-hybridized carbons (Fsp3) is 0.750. The third-order valence-corrected chi connectivity index (χ3v) is 3.66. The lowest BCUT2D eigenvalue weighted by Crippen LogP contribution is -2.63. The van der Waals surface area contributed by atoms with Crippen LogP contribution in [0.25, 0.3) is 0 Å². The first-order chi connectivity index (χ1) is 8.58. The number of nitrogens with zero attached hydrogens (tertiary/aromatic N) is 2. The third-order valence-electron chi connectivity index (χ3n) is 3.66. The summed E-state index contributed by atoms with van der Waals surface area (Å²) in [5, 5.41) is 0. The van der Waals surface area contributed by atoms with Crippen molar-refractivity contribution in [2.75, 3.05) is 19.7 Å². The van der Waals surface area contributed by atoms with Crippen molar-refractivity contribution in [1.29, 1.82) is 0 Å². The van der Waals surface area contributed by atoms with E-state index >= 15 is 0 Å². The van der Waals surface area contributed by atoms with E-state index in [1.165, 1.54) is 0 Å². The van der Waals surface area contributed by atoms with Crippen molar-refractivity contribution in [3.63, 3.8) is 0 Å². The van der Waals surface area contributed by atoms with Crippen molar-refractivity contribution in [2.24, 2.45) is 5.92 Å². The molecule has 0 aromatic carbocycles. The van der Waals surface area contributed by atoms with Crippen LogP contribution in [0.1, 0.15) is 26.7 Å². The molecule has 0 bridgehead atoms. The first kappa shape index (κ1) is 12.9. The highest BCUT2D eigenvalue weighted by molar-refractivity contribution is 5.98. The highest BCUT2D eigenvalue weighted by Crippen LogP contribution is 2.23. The number of hydrogen-bond acceptors (Lipinski definition) is 4. The second-order valence-corrected chi connectivity index (χ2v) is 4.73. The molecule has 0 aromatic heterocycles. The predicted octanol–water partition coefficient (Wildman–Crippen LogP) is 0.612. The molecule has 2 aliphatic heterocycles. The number of amides is 3. The summed E-state index contributed by atoms with van der Waals surface area (Å²) in [6.45, 7) is 4.69. The molecular formula is C12H18N2O4. The number of carbonyl (C=O) groups is 3. The Labute approximate surface area is 106 Å². The molecule has 2 aliphatic rings. The average Bonchev–Trinajstić information content (AvgIpc) is 2.60. The minimum atomic E-state index is -0.584. The zero-order valence-corrected chi connectivity index (χ0v) is 10.7. The van der Waals surface area contributed by atoms with E-state index in [4.69, 9.17) is 0 Å². The topological polar surface area (TPSA) is 66.9 Å². The van der Waals surface area contributed by atoms with Crippen LogP contribution in [0.3, 0.4) is 0 Å². The number of ether oxygens (including phenoxy) is 1. The summed E-state index contributed by atoms with van der Waals surface area (Å²) in [6, 6.07) is -0.203. The van der Waals surface area contributed by atoms with Crippen LogP contribution in [0.15, 0.2) is 0 Å². The lowest BCUT2D eigenvalue weighted by molar-refractivity contribution is -0.145. The van der Waals surface area contributed by atoms with E-state index in [9.17, 15) is 14.4 Å². The fourth-order valence-corrected chi connectivity index (χ4v) is 2.41. The van der Waals surface area contributed by atoms with Gasteiger partial charge in [0, 0.05) is 19.0 Å². The van der Waals surface area contributed by atoms with E-state index in [0.29, 0.717) is 13.1 Å². The van der Waals surface area contributed by atoms with Gasteiger partial charge in [-0.25, -0.2) is 9.69 Å². The fourth-order valence-electron chi connectivity index (χ4n) is 2.41. The smallest absolute Gasteiger partial charge is 0.417 e. The Morgan fingerprint density at radius 2 is 1.94 bits per heavy atom. The maximum atomic E-state index is 12.0. The quantitative estimate of drug-likeness (QED) is 0.737. The van der Waals surface area contributed by atoms with Gasteiger partial charge in [-0.2, -0.15) is 0 Å². The van der Waals surface area contributed by atoms with E-state index in [1.807, 2.05) is 13.8 Å². The van der Waals surface area contributed by atoms with Gasteiger partial charge >= 0.3 is 6.09 Å². The summed E-state index contributed by atoms with van der Waals surface area (Å²) >= 11 is 0. The van der Waals surface area contributed by atoms with Crippen LogP contribution in [0.5, 0.6) is 0 Å². The maximum Gasteiger partial charge on any atom is 0.417 e. The highest BCUT2D eigenvalue weighted by atomic mass is 16.6. The Kier molecular flexibility index (Phi) is 3.54. The predicted molar refractivity (Wildman–Crippen MR) is 62.6 cm³/mol. The van der Waals surface area contributed by atoms with Crippen LogP contribution >= 0.6 is 0 Å². The van der Waals surface area contributed by atoms with Gasteiger partial charge in [0.15, 0.2) is 6.61 Å². The molecule has 6 nitrogen and oxygen atoms in total. The van der Waals surface area contributed by atoms with E-state index in [0.717, 1.165) is 17.7 Å². The lowest BCUT2D eigenvalue weighted by Gasteiger charge is -2.43. The Hall–Kier alpha value is -1.59. The molecule has 100 valence electrons. The van der Waals surface area contributed by atoms with Crippen molar-refractivity contribution in [3.05, 3.63) is 0 Å². The summed E-state index contributed by atoms with van der Waals surface area (Å²) in [7, 11) is 0. The lowest BCUT2D eigenvalue weighted by atomic mass is 9.98. The van der Waals surface area contributed by atoms with Gasteiger partial charge in [0.2, 0.25) is 5.91 Å². The molecular weight excluding hydrogens is 236 g/mol. The summed E-state index contributed by atoms with van der Waals surface area (Å²) in [4.78, 5) is 37.6. The van der Waals surface area contributed by atoms with Crippen molar-refractivity contribution in [2.45, 2.75) is 32.7 Å². The largest absolute Gasteiger partial charge is 0.439 e. The maximum absolute atomic E-state index is 12.0. The van der Waals surface area contributed by atoms with Gasteiger partial charge in [-0.3, -0.25) is 9.59 Å². The van der Waals surface area contributed by atoms with Gasteiger partial charge in [-0.1, -0.05) is 13.8 Å². The van der Waals surface area contributed by atoms with Crippen LogP contribution in [0.4, 0.5) is 4.79 Å². The number of rotatable bonds is 4. The van der Waals surface area contributed by atoms with Crippen molar-refractivity contribution < 1.29 is 19.1 Å². The number of imide groups is 1. The van der Waals surface area contributed by atoms with Crippen LogP contribution < -0.4 is 0 Å². The van der Waals surface area contributed by atoms with Gasteiger partial charge in [0.05, 0.1) is 6.04 Å². The molecule has 2 rings (SSSR count). The molecule has 18 heavy (non-hydrogen) atoms. The van der Waals surface area contributed by atoms with E-state index < -0.39 is 6.09 Å². The first-order valence-electron chi connectivity index (χ1n) is 6.36. The summed E-state index contributed by atoms with van der Waals surface area (Å²) in [5.74, 6) is -0.136. The van der Waals surface area contributed by atoms with Crippen molar-refractivity contribution in [3.8, 4) is 0 Å². The van der Waals surface area contributed by atoms with Gasteiger partial charge in [0.25, 0.3) is 5.91 Å². The standard InChI is InChI=1S/C12H18N2O4/c1-3-8(4-2)11(16)13-5-9(6-13)14-10(15)7-18-12(14)17/h8-9H,3-7H2,1-2H3. The Bertz CT molecular complexity index is 356. The number of cyclic esters (lactones) is 1. The SMILES string of the molecule is CCC(CC)C(=O)N1CC(N2C(=O)COC2=O)C1. The molecule has 0 radical (unpaired) electrons. The molecule has 0 atom stereocenters. The average molecular weight is 254 g/mol.